The van der Waals surface area contributed by atoms with E-state index in [9.17, 15) is 15.0 Å². The zero-order valence-corrected chi connectivity index (χ0v) is 10.5. The second-order valence-corrected chi connectivity index (χ2v) is 6.11. The van der Waals surface area contributed by atoms with Crippen LogP contribution >= 0.6 is 0 Å². The maximum atomic E-state index is 11.6. The van der Waals surface area contributed by atoms with Crippen LogP contribution in [0.25, 0.3) is 0 Å². The normalized spacial score (nSPS) is 40.4. The molecule has 3 N–H and O–H groups in total. The molecular weight excluding hydrogens is 222 g/mol. The molecule has 0 radical (unpaired) electrons. The molecule has 1 amide bonds. The summed E-state index contributed by atoms with van der Waals surface area (Å²) in [7, 11) is 0. The number of hydrogen-bond acceptors (Lipinski definition) is 4. The molecule has 0 unspecified atom stereocenters. The van der Waals surface area contributed by atoms with Gasteiger partial charge in [0, 0.05) is 6.04 Å². The third kappa shape index (κ3) is 2.55. The SMILES string of the molecule is CC(C)(C)OC(=O)N[C@@H]1C[C@@H]2[C@@H](O)[C@@H](O)C[C@@H]21. The van der Waals surface area contributed by atoms with Crippen LogP contribution in [-0.4, -0.2) is 40.2 Å². The van der Waals surface area contributed by atoms with Crippen LogP contribution in [0.2, 0.25) is 0 Å². The van der Waals surface area contributed by atoms with Crippen molar-refractivity contribution in [2.24, 2.45) is 11.8 Å². The Morgan fingerprint density at radius 3 is 2.41 bits per heavy atom. The fourth-order valence-corrected chi connectivity index (χ4v) is 2.81. The van der Waals surface area contributed by atoms with Crippen LogP contribution in [0, 0.1) is 11.8 Å². The minimum atomic E-state index is -0.643. The van der Waals surface area contributed by atoms with Gasteiger partial charge in [-0.15, -0.1) is 0 Å². The van der Waals surface area contributed by atoms with E-state index >= 15 is 0 Å². The first-order valence-corrected chi connectivity index (χ1v) is 6.13. The van der Waals surface area contributed by atoms with Gasteiger partial charge in [-0.05, 0) is 45.4 Å². The van der Waals surface area contributed by atoms with Crippen LogP contribution < -0.4 is 5.32 Å². The molecule has 0 aromatic carbocycles. The number of aliphatic hydroxyl groups excluding tert-OH is 2. The highest BCUT2D eigenvalue weighted by Crippen LogP contribution is 2.47. The average Bonchev–Trinajstić information content (AvgIpc) is 2.36. The van der Waals surface area contributed by atoms with Gasteiger partial charge in [0.1, 0.15) is 5.60 Å². The van der Waals surface area contributed by atoms with Crippen molar-refractivity contribution in [2.75, 3.05) is 0 Å². The van der Waals surface area contributed by atoms with E-state index in [0.717, 1.165) is 6.42 Å². The summed E-state index contributed by atoms with van der Waals surface area (Å²) in [6, 6.07) is 0.0293. The molecule has 2 fully saturated rings. The van der Waals surface area contributed by atoms with Gasteiger partial charge in [0.15, 0.2) is 0 Å². The van der Waals surface area contributed by atoms with Crippen LogP contribution in [-0.2, 0) is 4.74 Å². The summed E-state index contributed by atoms with van der Waals surface area (Å²) >= 11 is 0. The molecule has 17 heavy (non-hydrogen) atoms. The molecule has 0 aliphatic heterocycles. The van der Waals surface area contributed by atoms with Crippen LogP contribution in [0.15, 0.2) is 0 Å². The molecule has 5 heteroatoms. The number of nitrogens with one attached hydrogen (secondary N) is 1. The number of fused-ring (bicyclic) bond motifs is 1. The Morgan fingerprint density at radius 1 is 1.24 bits per heavy atom. The lowest BCUT2D eigenvalue weighted by molar-refractivity contribution is -0.00865. The third-order valence-corrected chi connectivity index (χ3v) is 3.64. The summed E-state index contributed by atoms with van der Waals surface area (Å²) in [5.74, 6) is 0.317. The van der Waals surface area contributed by atoms with E-state index in [1.165, 1.54) is 0 Å². The van der Waals surface area contributed by atoms with Crippen LogP contribution in [0.5, 0.6) is 0 Å². The van der Waals surface area contributed by atoms with Crippen molar-refractivity contribution in [2.45, 2.75) is 57.5 Å². The second kappa shape index (κ2) is 4.14. The van der Waals surface area contributed by atoms with Crippen molar-refractivity contribution >= 4 is 6.09 Å². The standard InChI is InChI=1S/C12H21NO4/c1-12(2,3)17-11(16)13-8-4-7-6(8)5-9(14)10(7)15/h6-10,14-15H,4-5H2,1-3H3,(H,13,16)/t6-,7-,8+,9-,10+/m0/s1. The monoisotopic (exact) mass is 243 g/mol. The molecule has 5 atom stereocenters. The van der Waals surface area contributed by atoms with Gasteiger partial charge in [0.05, 0.1) is 12.2 Å². The Bertz CT molecular complexity index is 312. The topological polar surface area (TPSA) is 78.8 Å². The Morgan fingerprint density at radius 2 is 1.88 bits per heavy atom. The molecule has 0 bridgehead atoms. The van der Waals surface area contributed by atoms with Gasteiger partial charge < -0.3 is 20.3 Å². The molecule has 0 aromatic rings. The van der Waals surface area contributed by atoms with Gasteiger partial charge in [-0.25, -0.2) is 4.79 Å². The van der Waals surface area contributed by atoms with Gasteiger partial charge >= 0.3 is 6.09 Å². The van der Waals surface area contributed by atoms with Crippen molar-refractivity contribution in [3.63, 3.8) is 0 Å². The lowest BCUT2D eigenvalue weighted by Crippen LogP contribution is -2.53. The Balaban J connectivity index is 1.82. The molecule has 0 aromatic heterocycles. The van der Waals surface area contributed by atoms with E-state index in [-0.39, 0.29) is 17.9 Å². The zero-order valence-electron chi connectivity index (χ0n) is 10.5. The second-order valence-electron chi connectivity index (χ2n) is 6.11. The summed E-state index contributed by atoms with van der Waals surface area (Å²) < 4.78 is 5.17. The largest absolute Gasteiger partial charge is 0.444 e. The van der Waals surface area contributed by atoms with Crippen molar-refractivity contribution < 1.29 is 19.7 Å². The van der Waals surface area contributed by atoms with E-state index in [0.29, 0.717) is 6.42 Å². The molecule has 0 heterocycles. The van der Waals surface area contributed by atoms with Crippen molar-refractivity contribution in [3.8, 4) is 0 Å². The lowest BCUT2D eigenvalue weighted by Gasteiger charge is -2.41. The van der Waals surface area contributed by atoms with Crippen molar-refractivity contribution in [1.82, 2.24) is 5.32 Å². The molecule has 2 saturated carbocycles. The number of aliphatic hydroxyl groups is 2. The van der Waals surface area contributed by atoms with E-state index in [1.54, 1.807) is 0 Å². The predicted molar refractivity (Wildman–Crippen MR) is 61.4 cm³/mol. The first-order valence-electron chi connectivity index (χ1n) is 6.13. The summed E-state index contributed by atoms with van der Waals surface area (Å²) in [6.45, 7) is 5.46. The highest BCUT2D eigenvalue weighted by Gasteiger charge is 2.53. The van der Waals surface area contributed by atoms with E-state index in [2.05, 4.69) is 5.32 Å². The van der Waals surface area contributed by atoms with Crippen LogP contribution in [0.3, 0.4) is 0 Å². The van der Waals surface area contributed by atoms with Crippen molar-refractivity contribution in [1.29, 1.82) is 0 Å². The Kier molecular flexibility index (Phi) is 3.08. The van der Waals surface area contributed by atoms with Gasteiger partial charge in [0.2, 0.25) is 0 Å². The first-order chi connectivity index (χ1) is 7.78. The van der Waals surface area contributed by atoms with E-state index < -0.39 is 23.9 Å². The van der Waals surface area contributed by atoms with E-state index in [1.807, 2.05) is 20.8 Å². The minimum Gasteiger partial charge on any atom is -0.444 e. The summed E-state index contributed by atoms with van der Waals surface area (Å²) in [5.41, 5.74) is -0.498. The Hall–Kier alpha value is -0.810. The average molecular weight is 243 g/mol. The Labute approximate surface area is 101 Å². The fraction of sp³-hybridized carbons (Fsp3) is 0.917. The zero-order chi connectivity index (χ0) is 12.8. The van der Waals surface area contributed by atoms with Crippen molar-refractivity contribution in [3.05, 3.63) is 0 Å². The summed E-state index contributed by atoms with van der Waals surface area (Å²) in [4.78, 5) is 11.6. The summed E-state index contributed by atoms with van der Waals surface area (Å²) in [6.07, 6.45) is -0.405. The third-order valence-electron chi connectivity index (χ3n) is 3.64. The highest BCUT2D eigenvalue weighted by molar-refractivity contribution is 5.68. The molecule has 98 valence electrons. The first kappa shape index (κ1) is 12.6. The fourth-order valence-electron chi connectivity index (χ4n) is 2.81. The molecular formula is C12H21NO4. The number of hydrogen-bond donors (Lipinski definition) is 3. The predicted octanol–water partition coefficient (Wildman–Crippen LogP) is 0.641. The molecule has 2 aliphatic carbocycles. The highest BCUT2D eigenvalue weighted by atomic mass is 16.6. The molecule has 0 spiro atoms. The smallest absolute Gasteiger partial charge is 0.407 e. The lowest BCUT2D eigenvalue weighted by atomic mass is 9.71. The molecule has 0 saturated heterocycles. The quantitative estimate of drug-likeness (QED) is 0.631. The number of alkyl carbamates (subject to hydrolysis) is 1. The van der Waals surface area contributed by atoms with Gasteiger partial charge in [-0.3, -0.25) is 0 Å². The number of carbonyl (C=O) groups excluding carboxylic acids is 1. The number of rotatable bonds is 1. The maximum absolute atomic E-state index is 11.6. The van der Waals surface area contributed by atoms with Crippen LogP contribution in [0.1, 0.15) is 33.6 Å². The molecule has 2 rings (SSSR count). The number of ether oxygens (including phenoxy) is 1. The van der Waals surface area contributed by atoms with Crippen LogP contribution in [0.4, 0.5) is 4.79 Å². The maximum Gasteiger partial charge on any atom is 0.407 e. The van der Waals surface area contributed by atoms with Gasteiger partial charge in [-0.1, -0.05) is 0 Å². The van der Waals surface area contributed by atoms with Gasteiger partial charge in [-0.2, -0.15) is 0 Å². The minimum absolute atomic E-state index is 0.0293. The van der Waals surface area contributed by atoms with E-state index in [4.69, 9.17) is 4.74 Å². The number of amides is 1. The summed E-state index contributed by atoms with van der Waals surface area (Å²) in [5, 5.41) is 22.0. The van der Waals surface area contributed by atoms with Gasteiger partial charge in [0.25, 0.3) is 0 Å². The molecule has 5 nitrogen and oxygen atoms in total. The molecule has 2 aliphatic rings. The number of carbonyl (C=O) groups is 1.